The van der Waals surface area contributed by atoms with Gasteiger partial charge in [0.05, 0.1) is 12.3 Å². The molecule has 3 heteroatoms. The van der Waals surface area contributed by atoms with Crippen LogP contribution in [0, 0.1) is 5.92 Å². The molecule has 1 aliphatic carbocycles. The van der Waals surface area contributed by atoms with Crippen LogP contribution in [0.15, 0.2) is 91.0 Å². The normalized spacial score (nSPS) is 16.5. The van der Waals surface area contributed by atoms with Gasteiger partial charge < -0.3 is 4.43 Å². The second-order valence-corrected chi connectivity index (χ2v) is 18.6. The smallest absolute Gasteiger partial charge is 0.184 e. The van der Waals surface area contributed by atoms with E-state index in [2.05, 4.69) is 111 Å². The topological polar surface area (TPSA) is 9.23 Å². The van der Waals surface area contributed by atoms with Crippen LogP contribution in [0.4, 0.5) is 0 Å². The Morgan fingerprint density at radius 3 is 1.52 bits per heavy atom. The Hall–Kier alpha value is -1.73. The number of benzene rings is 3. The zero-order chi connectivity index (χ0) is 23.2. The van der Waals surface area contributed by atoms with Gasteiger partial charge >= 0.3 is 0 Å². The van der Waals surface area contributed by atoms with E-state index in [1.54, 1.807) is 0 Å². The highest BCUT2D eigenvalue weighted by molar-refractivity contribution is 7.95. The van der Waals surface area contributed by atoms with Crippen molar-refractivity contribution in [1.29, 1.82) is 0 Å². The van der Waals surface area contributed by atoms with Gasteiger partial charge in [-0.1, -0.05) is 73.9 Å². The fraction of sp³-hybridized carbons (Fsp3) is 0.400. The minimum Gasteiger partial charge on any atom is -0.414 e. The van der Waals surface area contributed by atoms with Gasteiger partial charge in [0.1, 0.15) is 23.2 Å². The summed E-state index contributed by atoms with van der Waals surface area (Å²) in [5.41, 5.74) is 0. The van der Waals surface area contributed by atoms with Gasteiger partial charge in [0.15, 0.2) is 8.32 Å². The Kier molecular flexibility index (Phi) is 8.23. The second-order valence-electron chi connectivity index (χ2n) is 10.5. The molecule has 3 aromatic carbocycles. The van der Waals surface area contributed by atoms with Gasteiger partial charge in [0.2, 0.25) is 0 Å². The lowest BCUT2D eigenvalue weighted by molar-refractivity contribution is 0.0983. The Morgan fingerprint density at radius 2 is 1.12 bits per heavy atom. The molecular weight excluding hydrogens is 435 g/mol. The van der Waals surface area contributed by atoms with E-state index in [4.69, 9.17) is 4.43 Å². The van der Waals surface area contributed by atoms with Gasteiger partial charge in [-0.15, -0.1) is 0 Å². The predicted molar refractivity (Wildman–Crippen MR) is 149 cm³/mol. The monoisotopic (exact) mass is 475 g/mol. The van der Waals surface area contributed by atoms with Crippen LogP contribution in [0.3, 0.4) is 0 Å². The summed E-state index contributed by atoms with van der Waals surface area (Å²) >= 11 is 0. The molecular formula is C30H40OPSi+. The summed E-state index contributed by atoms with van der Waals surface area (Å²) < 4.78 is 6.94. The largest absolute Gasteiger partial charge is 0.414 e. The molecule has 0 radical (unpaired) electrons. The van der Waals surface area contributed by atoms with Gasteiger partial charge in [0.25, 0.3) is 0 Å². The molecule has 1 atom stereocenters. The maximum atomic E-state index is 6.94. The molecule has 0 amide bonds. The van der Waals surface area contributed by atoms with Gasteiger partial charge in [-0.2, -0.15) is 0 Å². The average molecular weight is 476 g/mol. The molecule has 33 heavy (non-hydrogen) atoms. The van der Waals surface area contributed by atoms with Crippen LogP contribution in [0.1, 0.15) is 38.5 Å². The lowest BCUT2D eigenvalue weighted by atomic mass is 9.84. The van der Waals surface area contributed by atoms with E-state index in [0.717, 1.165) is 18.5 Å². The summed E-state index contributed by atoms with van der Waals surface area (Å²) in [6.07, 6.45) is 9.49. The van der Waals surface area contributed by atoms with Gasteiger partial charge in [-0.05, 0) is 74.8 Å². The van der Waals surface area contributed by atoms with Crippen LogP contribution in [0.5, 0.6) is 0 Å². The molecule has 0 saturated heterocycles. The zero-order valence-corrected chi connectivity index (χ0v) is 22.5. The summed E-state index contributed by atoms with van der Waals surface area (Å²) in [5, 5.41) is 4.45. The third-order valence-electron chi connectivity index (χ3n) is 7.02. The number of hydrogen-bond donors (Lipinski definition) is 0. The minimum absolute atomic E-state index is 0.382. The van der Waals surface area contributed by atoms with Crippen molar-refractivity contribution < 1.29 is 4.43 Å². The summed E-state index contributed by atoms with van der Waals surface area (Å²) in [5.74, 6) is 0.717. The van der Waals surface area contributed by atoms with Crippen molar-refractivity contribution >= 4 is 31.5 Å². The fourth-order valence-electron chi connectivity index (χ4n) is 5.55. The lowest BCUT2D eigenvalue weighted by Gasteiger charge is -2.36. The highest BCUT2D eigenvalue weighted by Gasteiger charge is 2.46. The van der Waals surface area contributed by atoms with E-state index in [1.165, 1.54) is 48.0 Å². The standard InChI is InChI=1S/C30H40OPSi/c1-33(2,3)31-30(26-16-8-4-9-17-26)24-25-32(27-18-10-5-11-19-27,28-20-12-6-13-21-28)29-22-14-7-15-23-29/h5-7,10-15,18-23,26,30H,4,8-9,16-17,24-25H2,1-3H3/q+1/t30-/m1/s1. The summed E-state index contributed by atoms with van der Waals surface area (Å²) in [6.45, 7) is 7.07. The van der Waals surface area contributed by atoms with E-state index >= 15 is 0 Å². The molecule has 0 spiro atoms. The molecule has 0 aromatic heterocycles. The Labute approximate surface area is 203 Å². The summed E-state index contributed by atoms with van der Waals surface area (Å²) in [6, 6.07) is 33.9. The van der Waals surface area contributed by atoms with Crippen LogP contribution in [-0.2, 0) is 4.43 Å². The number of hydrogen-bond acceptors (Lipinski definition) is 1. The first-order valence-electron chi connectivity index (χ1n) is 12.7. The van der Waals surface area contributed by atoms with Gasteiger partial charge in [-0.25, -0.2) is 0 Å². The first kappa shape index (κ1) is 24.4. The summed E-state index contributed by atoms with van der Waals surface area (Å²) in [7, 11) is -3.41. The van der Waals surface area contributed by atoms with Crippen LogP contribution in [-0.4, -0.2) is 20.6 Å². The quantitative estimate of drug-likeness (QED) is 0.235. The first-order valence-corrected chi connectivity index (χ1v) is 18.1. The molecule has 3 aromatic rings. The van der Waals surface area contributed by atoms with Crippen molar-refractivity contribution in [2.24, 2.45) is 5.92 Å². The fourth-order valence-corrected chi connectivity index (χ4v) is 11.1. The van der Waals surface area contributed by atoms with Crippen LogP contribution in [0.25, 0.3) is 0 Å². The van der Waals surface area contributed by atoms with Crippen molar-refractivity contribution in [3.05, 3.63) is 91.0 Å². The summed E-state index contributed by atoms with van der Waals surface area (Å²) in [4.78, 5) is 0. The van der Waals surface area contributed by atoms with Crippen molar-refractivity contribution in [1.82, 2.24) is 0 Å². The maximum Gasteiger partial charge on any atom is 0.184 e. The third-order valence-corrected chi connectivity index (χ3v) is 12.5. The van der Waals surface area contributed by atoms with Crippen molar-refractivity contribution in [2.75, 3.05) is 6.16 Å². The highest BCUT2D eigenvalue weighted by Crippen LogP contribution is 2.56. The van der Waals surface area contributed by atoms with Crippen molar-refractivity contribution in [3.63, 3.8) is 0 Å². The molecule has 0 aliphatic heterocycles. The Balaban J connectivity index is 1.77. The maximum absolute atomic E-state index is 6.94. The SMILES string of the molecule is C[Si](C)(C)O[C@H](CC[P+](c1ccccc1)(c1ccccc1)c1ccccc1)C1CCCCC1. The molecule has 1 aliphatic rings. The molecule has 4 rings (SSSR count). The molecule has 0 heterocycles. The average Bonchev–Trinajstić information content (AvgIpc) is 2.85. The van der Waals surface area contributed by atoms with E-state index in [9.17, 15) is 0 Å². The molecule has 1 saturated carbocycles. The van der Waals surface area contributed by atoms with Crippen molar-refractivity contribution in [2.45, 2.75) is 64.3 Å². The molecule has 174 valence electrons. The van der Waals surface area contributed by atoms with Gasteiger partial charge in [0, 0.05) is 6.42 Å². The van der Waals surface area contributed by atoms with Crippen LogP contribution in [0.2, 0.25) is 19.6 Å². The van der Waals surface area contributed by atoms with Crippen molar-refractivity contribution in [3.8, 4) is 0 Å². The first-order chi connectivity index (χ1) is 16.0. The molecule has 1 nitrogen and oxygen atoms in total. The molecule has 1 fully saturated rings. The molecule has 0 unspecified atom stereocenters. The lowest BCUT2D eigenvalue weighted by Crippen LogP contribution is -2.40. The van der Waals surface area contributed by atoms with E-state index in [-0.39, 0.29) is 0 Å². The third kappa shape index (κ3) is 6.04. The number of rotatable bonds is 9. The highest BCUT2D eigenvalue weighted by atomic mass is 31.2. The predicted octanol–water partition coefficient (Wildman–Crippen LogP) is 7.17. The van der Waals surface area contributed by atoms with E-state index < -0.39 is 15.6 Å². The Morgan fingerprint density at radius 1 is 0.697 bits per heavy atom. The van der Waals surface area contributed by atoms with Crippen LogP contribution >= 0.6 is 7.26 Å². The molecule has 0 N–H and O–H groups in total. The Bertz CT molecular complexity index is 866. The van der Waals surface area contributed by atoms with Crippen LogP contribution < -0.4 is 15.9 Å². The van der Waals surface area contributed by atoms with E-state index in [0.29, 0.717) is 6.10 Å². The molecule has 0 bridgehead atoms. The zero-order valence-electron chi connectivity index (χ0n) is 20.6. The second kappa shape index (κ2) is 11.1. The minimum atomic E-state index is -1.79. The van der Waals surface area contributed by atoms with Gasteiger partial charge in [-0.3, -0.25) is 0 Å². The van der Waals surface area contributed by atoms with E-state index in [1.807, 2.05) is 0 Å².